The predicted molar refractivity (Wildman–Crippen MR) is 142 cm³/mol. The molecule has 5 fully saturated rings. The summed E-state index contributed by atoms with van der Waals surface area (Å²) in [4.78, 5) is 26.7. The maximum absolute atomic E-state index is 13.4. The number of rotatable bonds is 2. The van der Waals surface area contributed by atoms with E-state index in [1.165, 1.54) is 5.57 Å². The minimum atomic E-state index is -0.455. The topological polar surface area (TPSA) is 63.6 Å². The summed E-state index contributed by atoms with van der Waals surface area (Å²) in [5.74, 6) is 2.12. The molecule has 4 nitrogen and oxygen atoms in total. The van der Waals surface area contributed by atoms with Gasteiger partial charge in [0, 0.05) is 11.0 Å². The fourth-order valence-corrected chi connectivity index (χ4v) is 11.7. The molecular weight excluding hydrogens is 448 g/mol. The second kappa shape index (κ2) is 7.96. The molecule has 0 aromatic rings. The smallest absolute Gasteiger partial charge is 0.312 e. The Bertz CT molecular complexity index is 1020. The van der Waals surface area contributed by atoms with Gasteiger partial charge in [0.25, 0.3) is 0 Å². The minimum Gasteiger partial charge on any atom is -0.515 e. The first-order valence-corrected chi connectivity index (χ1v) is 14.4. The van der Waals surface area contributed by atoms with Crippen LogP contribution >= 0.6 is 0 Å². The van der Waals surface area contributed by atoms with Gasteiger partial charge in [-0.3, -0.25) is 9.59 Å². The number of aliphatic hydroxyl groups is 1. The highest BCUT2D eigenvalue weighted by molar-refractivity contribution is 6.00. The molecule has 0 bridgehead atoms. The number of hydrogen-bond donors (Lipinski definition) is 1. The Hall–Kier alpha value is -1.58. The summed E-state index contributed by atoms with van der Waals surface area (Å²) >= 11 is 0. The van der Waals surface area contributed by atoms with E-state index in [1.807, 2.05) is 0 Å². The number of allylic oxidation sites excluding steroid dienone is 2. The summed E-state index contributed by atoms with van der Waals surface area (Å²) in [5.41, 5.74) is 1.25. The summed E-state index contributed by atoms with van der Waals surface area (Å²) in [6, 6.07) is 0. The van der Waals surface area contributed by atoms with Crippen LogP contribution in [0.25, 0.3) is 0 Å². The van der Waals surface area contributed by atoms with E-state index in [1.54, 1.807) is 7.11 Å². The maximum Gasteiger partial charge on any atom is 0.312 e. The summed E-state index contributed by atoms with van der Waals surface area (Å²) < 4.78 is 5.48. The van der Waals surface area contributed by atoms with Gasteiger partial charge in [-0.1, -0.05) is 46.8 Å². The van der Waals surface area contributed by atoms with Gasteiger partial charge in [-0.05, 0) is 111 Å². The normalized spacial score (nSPS) is 50.5. The molecule has 0 spiro atoms. The third-order valence-electron chi connectivity index (χ3n) is 13.4. The van der Waals surface area contributed by atoms with E-state index in [0.29, 0.717) is 41.6 Å². The lowest BCUT2D eigenvalue weighted by molar-refractivity contribution is -0.232. The number of fused-ring (bicyclic) bond motifs is 7. The van der Waals surface area contributed by atoms with Crippen molar-refractivity contribution in [2.24, 2.45) is 56.7 Å². The van der Waals surface area contributed by atoms with Gasteiger partial charge in [0.05, 0.1) is 18.8 Å². The standard InChI is InChI=1S/C32H48O4/c1-19(2)21-11-14-32(27(35)36-8)16-15-30(6)22(25(21)32)9-10-24-29(5)17-20(18-33)26(34)28(3,4)23(29)12-13-31(24,30)7/h18,21-25,33H,1,9-17H2,2-8H3/b20-18-/t21-,22?,23?,24+,25?,29-,30+,31+,32-/m0/s1. The van der Waals surface area contributed by atoms with Gasteiger partial charge in [-0.25, -0.2) is 0 Å². The number of ketones is 1. The number of hydrogen-bond acceptors (Lipinski definition) is 4. The van der Waals surface area contributed by atoms with Gasteiger partial charge in [0.1, 0.15) is 0 Å². The molecule has 0 amide bonds. The molecule has 1 N–H and O–H groups in total. The van der Waals surface area contributed by atoms with Crippen LogP contribution in [0.4, 0.5) is 0 Å². The first-order chi connectivity index (χ1) is 16.7. The van der Waals surface area contributed by atoms with Gasteiger partial charge in [0.15, 0.2) is 5.78 Å². The first-order valence-electron chi connectivity index (χ1n) is 14.4. The van der Waals surface area contributed by atoms with Crippen LogP contribution in [0.1, 0.15) is 99.3 Å². The number of esters is 1. The quantitative estimate of drug-likeness (QED) is 0.187. The highest BCUT2D eigenvalue weighted by atomic mass is 16.5. The molecule has 0 aromatic carbocycles. The zero-order chi connectivity index (χ0) is 26.5. The van der Waals surface area contributed by atoms with Crippen LogP contribution in [0, 0.1) is 56.7 Å². The average Bonchev–Trinajstić information content (AvgIpc) is 3.22. The molecule has 4 heteroatoms. The van der Waals surface area contributed by atoms with Crippen molar-refractivity contribution in [3.05, 3.63) is 24.0 Å². The van der Waals surface area contributed by atoms with Crippen LogP contribution < -0.4 is 0 Å². The van der Waals surface area contributed by atoms with Gasteiger partial charge >= 0.3 is 5.97 Å². The molecule has 0 aliphatic heterocycles. The van der Waals surface area contributed by atoms with Crippen LogP contribution in [0.2, 0.25) is 0 Å². The lowest BCUT2D eigenvalue weighted by Crippen LogP contribution is -2.67. The number of methoxy groups -OCH3 is 1. The van der Waals surface area contributed by atoms with E-state index in [4.69, 9.17) is 4.74 Å². The third-order valence-corrected chi connectivity index (χ3v) is 13.4. The highest BCUT2D eigenvalue weighted by Crippen LogP contribution is 2.77. The largest absolute Gasteiger partial charge is 0.515 e. The minimum absolute atomic E-state index is 0.00603. The predicted octanol–water partition coefficient (Wildman–Crippen LogP) is 7.44. The van der Waals surface area contributed by atoms with Crippen molar-refractivity contribution in [1.82, 2.24) is 0 Å². The van der Waals surface area contributed by atoms with E-state index in [9.17, 15) is 14.7 Å². The zero-order valence-corrected chi connectivity index (χ0v) is 23.7. The molecule has 0 heterocycles. The molecule has 0 radical (unpaired) electrons. The van der Waals surface area contributed by atoms with Crippen molar-refractivity contribution in [3.63, 3.8) is 0 Å². The maximum atomic E-state index is 13.4. The Morgan fingerprint density at radius 1 is 0.972 bits per heavy atom. The summed E-state index contributed by atoms with van der Waals surface area (Å²) in [7, 11) is 1.56. The second-order valence-corrected chi connectivity index (χ2v) is 14.7. The summed E-state index contributed by atoms with van der Waals surface area (Å²) in [6.45, 7) is 18.3. The van der Waals surface area contributed by atoms with E-state index in [-0.39, 0.29) is 33.4 Å². The Morgan fingerprint density at radius 3 is 2.28 bits per heavy atom. The fraction of sp³-hybridized carbons (Fsp3) is 0.812. The molecule has 5 saturated carbocycles. The van der Waals surface area contributed by atoms with Crippen LogP contribution in [-0.4, -0.2) is 24.0 Å². The Labute approximate surface area is 218 Å². The zero-order valence-electron chi connectivity index (χ0n) is 23.7. The van der Waals surface area contributed by atoms with E-state index in [2.05, 4.69) is 48.1 Å². The van der Waals surface area contributed by atoms with Crippen molar-refractivity contribution in [2.75, 3.05) is 7.11 Å². The first kappa shape index (κ1) is 26.0. The van der Waals surface area contributed by atoms with Crippen LogP contribution in [-0.2, 0) is 14.3 Å². The van der Waals surface area contributed by atoms with Gasteiger partial charge in [-0.2, -0.15) is 0 Å². The number of carbonyl (C=O) groups is 2. The molecule has 9 atom stereocenters. The van der Waals surface area contributed by atoms with Crippen molar-refractivity contribution >= 4 is 11.8 Å². The van der Waals surface area contributed by atoms with Gasteiger partial charge in [0.2, 0.25) is 0 Å². The van der Waals surface area contributed by atoms with Crippen LogP contribution in [0.3, 0.4) is 0 Å². The Kier molecular flexibility index (Phi) is 5.76. The fourth-order valence-electron chi connectivity index (χ4n) is 11.7. The van der Waals surface area contributed by atoms with Gasteiger partial charge in [-0.15, -0.1) is 0 Å². The van der Waals surface area contributed by atoms with Crippen molar-refractivity contribution in [1.29, 1.82) is 0 Å². The molecule has 0 saturated heterocycles. The summed E-state index contributed by atoms with van der Waals surface area (Å²) in [5, 5.41) is 10.0. The number of ether oxygens (including phenoxy) is 1. The molecule has 0 aromatic heterocycles. The molecule has 200 valence electrons. The Balaban J connectivity index is 1.59. The lowest BCUT2D eigenvalue weighted by Gasteiger charge is -2.72. The molecule has 36 heavy (non-hydrogen) atoms. The van der Waals surface area contributed by atoms with Crippen molar-refractivity contribution in [2.45, 2.75) is 99.3 Å². The molecule has 5 rings (SSSR count). The summed E-state index contributed by atoms with van der Waals surface area (Å²) in [6.07, 6.45) is 10.2. The van der Waals surface area contributed by atoms with Crippen molar-refractivity contribution < 1.29 is 19.4 Å². The second-order valence-electron chi connectivity index (χ2n) is 14.7. The van der Waals surface area contributed by atoms with Crippen molar-refractivity contribution in [3.8, 4) is 0 Å². The lowest BCUT2D eigenvalue weighted by atomic mass is 9.32. The van der Waals surface area contributed by atoms with Gasteiger partial charge < -0.3 is 9.84 Å². The van der Waals surface area contributed by atoms with E-state index >= 15 is 0 Å². The third kappa shape index (κ3) is 2.94. The highest BCUT2D eigenvalue weighted by Gasteiger charge is 2.72. The average molecular weight is 497 g/mol. The Morgan fingerprint density at radius 2 is 1.67 bits per heavy atom. The number of Topliss-reactive ketones (excluding diaryl/α,β-unsaturated/α-hetero) is 1. The van der Waals surface area contributed by atoms with Crippen LogP contribution in [0.15, 0.2) is 24.0 Å². The molecule has 5 aliphatic rings. The SMILES string of the molecule is C=C(C)[C@@H]1CC[C@]2(C(=O)OC)CC[C@]3(C)C(CC[C@@H]4[C@@]5(C)C/C(=C/O)C(=O)C(C)(C)C5CC[C@]43C)C12. The number of carbonyl (C=O) groups excluding carboxylic acids is 2. The van der Waals surface area contributed by atoms with Crippen LogP contribution in [0.5, 0.6) is 0 Å². The monoisotopic (exact) mass is 496 g/mol. The van der Waals surface area contributed by atoms with E-state index in [0.717, 1.165) is 57.6 Å². The van der Waals surface area contributed by atoms with E-state index < -0.39 is 5.41 Å². The molecule has 5 aliphatic carbocycles. The number of aliphatic hydroxyl groups excluding tert-OH is 1. The molecular formula is C32H48O4. The molecule has 3 unspecified atom stereocenters.